The quantitative estimate of drug-likeness (QED) is 0.657. The molecule has 0 radical (unpaired) electrons. The minimum atomic E-state index is 0.334. The lowest BCUT2D eigenvalue weighted by Gasteiger charge is -2.17. The summed E-state index contributed by atoms with van der Waals surface area (Å²) in [6, 6.07) is 6.70. The smallest absolute Gasteiger partial charge is 0.191 e. The zero-order valence-corrected chi connectivity index (χ0v) is 13.9. The van der Waals surface area contributed by atoms with E-state index in [-0.39, 0.29) is 0 Å². The van der Waals surface area contributed by atoms with E-state index < -0.39 is 0 Å². The number of nitrogens with one attached hydrogen (secondary N) is 2. The van der Waals surface area contributed by atoms with Crippen molar-refractivity contribution in [3.05, 3.63) is 39.8 Å². The Bertz CT molecular complexity index is 599. The van der Waals surface area contributed by atoms with E-state index in [2.05, 4.69) is 46.7 Å². The lowest BCUT2D eigenvalue weighted by atomic mass is 10.2. The molecule has 1 unspecified atom stereocenters. The van der Waals surface area contributed by atoms with E-state index >= 15 is 0 Å². The van der Waals surface area contributed by atoms with E-state index in [9.17, 15) is 0 Å². The number of guanidine groups is 1. The maximum Gasteiger partial charge on any atom is 0.191 e. The molecule has 0 saturated heterocycles. The summed E-state index contributed by atoms with van der Waals surface area (Å²) in [5.74, 6) is 0.817. The summed E-state index contributed by atoms with van der Waals surface area (Å²) < 4.78 is 1.86. The third-order valence-electron chi connectivity index (χ3n) is 3.27. The normalized spacial score (nSPS) is 13.2. The molecule has 0 aromatic carbocycles. The number of thiophene rings is 1. The van der Waals surface area contributed by atoms with Crippen LogP contribution in [-0.2, 0) is 20.0 Å². The van der Waals surface area contributed by atoms with Crippen molar-refractivity contribution in [3.8, 4) is 0 Å². The van der Waals surface area contributed by atoms with E-state index in [0.29, 0.717) is 12.6 Å². The van der Waals surface area contributed by atoms with Gasteiger partial charge in [0.2, 0.25) is 0 Å². The molecule has 21 heavy (non-hydrogen) atoms. The molecule has 2 rings (SSSR count). The van der Waals surface area contributed by atoms with Crippen molar-refractivity contribution in [1.29, 1.82) is 0 Å². The number of hydrogen-bond acceptors (Lipinski definition) is 3. The van der Waals surface area contributed by atoms with Gasteiger partial charge in [0.1, 0.15) is 0 Å². The van der Waals surface area contributed by atoms with Crippen LogP contribution in [0.3, 0.4) is 0 Å². The highest BCUT2D eigenvalue weighted by molar-refractivity contribution is 7.11. The molecule has 0 amide bonds. The van der Waals surface area contributed by atoms with Gasteiger partial charge >= 0.3 is 0 Å². The van der Waals surface area contributed by atoms with Crippen molar-refractivity contribution in [2.24, 2.45) is 12.0 Å². The first kappa shape index (κ1) is 15.6. The summed E-state index contributed by atoms with van der Waals surface area (Å²) in [6.45, 7) is 5.02. The molecule has 5 nitrogen and oxygen atoms in total. The van der Waals surface area contributed by atoms with Gasteiger partial charge in [0.05, 0.1) is 12.2 Å². The summed E-state index contributed by atoms with van der Waals surface area (Å²) in [5, 5.41) is 10.9. The second-order valence-electron chi connectivity index (χ2n) is 5.13. The van der Waals surface area contributed by atoms with E-state index in [0.717, 1.165) is 18.1 Å². The van der Waals surface area contributed by atoms with Crippen molar-refractivity contribution >= 4 is 17.3 Å². The molecule has 0 bridgehead atoms. The second-order valence-corrected chi connectivity index (χ2v) is 6.51. The number of aryl methyl sites for hydroxylation is 2. The highest BCUT2D eigenvalue weighted by Gasteiger charge is 2.08. The molecule has 0 spiro atoms. The maximum absolute atomic E-state index is 4.27. The fourth-order valence-electron chi connectivity index (χ4n) is 2.12. The average Bonchev–Trinajstić information content (AvgIpc) is 3.03. The summed E-state index contributed by atoms with van der Waals surface area (Å²) >= 11 is 1.85. The monoisotopic (exact) mass is 305 g/mol. The minimum absolute atomic E-state index is 0.334. The van der Waals surface area contributed by atoms with Crippen molar-refractivity contribution in [1.82, 2.24) is 20.4 Å². The van der Waals surface area contributed by atoms with Crippen LogP contribution in [0, 0.1) is 6.92 Å². The fraction of sp³-hybridized carbons (Fsp3) is 0.467. The van der Waals surface area contributed by atoms with Gasteiger partial charge in [-0.25, -0.2) is 0 Å². The van der Waals surface area contributed by atoms with E-state index in [4.69, 9.17) is 0 Å². The van der Waals surface area contributed by atoms with Gasteiger partial charge in [0.15, 0.2) is 5.96 Å². The highest BCUT2D eigenvalue weighted by atomic mass is 32.1. The molecule has 0 fully saturated rings. The number of hydrogen-bond donors (Lipinski definition) is 2. The van der Waals surface area contributed by atoms with Crippen LogP contribution in [0.5, 0.6) is 0 Å². The highest BCUT2D eigenvalue weighted by Crippen LogP contribution is 2.16. The Morgan fingerprint density at radius 1 is 1.43 bits per heavy atom. The summed E-state index contributed by atoms with van der Waals surface area (Å²) in [4.78, 5) is 7.03. The Morgan fingerprint density at radius 2 is 2.24 bits per heavy atom. The third kappa shape index (κ3) is 4.60. The van der Waals surface area contributed by atoms with Crippen LogP contribution in [0.25, 0.3) is 0 Å². The topological polar surface area (TPSA) is 54.2 Å². The first-order valence-electron chi connectivity index (χ1n) is 7.08. The summed E-state index contributed by atoms with van der Waals surface area (Å²) in [7, 11) is 3.73. The Labute approximate surface area is 130 Å². The van der Waals surface area contributed by atoms with Crippen LogP contribution in [-0.4, -0.2) is 28.8 Å². The van der Waals surface area contributed by atoms with Gasteiger partial charge in [-0.2, -0.15) is 5.10 Å². The van der Waals surface area contributed by atoms with Gasteiger partial charge in [-0.3, -0.25) is 9.67 Å². The number of nitrogens with zero attached hydrogens (tertiary/aromatic N) is 3. The fourth-order valence-corrected chi connectivity index (χ4v) is 3.14. The zero-order chi connectivity index (χ0) is 15.2. The maximum atomic E-state index is 4.27. The van der Waals surface area contributed by atoms with Gasteiger partial charge < -0.3 is 10.6 Å². The molecule has 2 aromatic rings. The molecule has 2 N–H and O–H groups in total. The van der Waals surface area contributed by atoms with Crippen molar-refractivity contribution in [2.75, 3.05) is 7.05 Å². The Kier molecular flexibility index (Phi) is 5.38. The van der Waals surface area contributed by atoms with Gasteiger partial charge in [-0.05, 0) is 32.0 Å². The SMILES string of the molecule is CN=C(NCc1ccnn1C)NC(C)Cc1ccc(C)s1. The lowest BCUT2D eigenvalue weighted by molar-refractivity contribution is 0.634. The molecule has 114 valence electrons. The molecule has 0 aliphatic rings. The van der Waals surface area contributed by atoms with E-state index in [1.165, 1.54) is 9.75 Å². The largest absolute Gasteiger partial charge is 0.354 e. The summed E-state index contributed by atoms with van der Waals surface area (Å²) in [6.07, 6.45) is 2.81. The average molecular weight is 305 g/mol. The van der Waals surface area contributed by atoms with Gasteiger partial charge in [0.25, 0.3) is 0 Å². The van der Waals surface area contributed by atoms with Crippen LogP contribution in [0.4, 0.5) is 0 Å². The molecule has 2 heterocycles. The van der Waals surface area contributed by atoms with Crippen LogP contribution >= 0.6 is 11.3 Å². The molecular weight excluding hydrogens is 282 g/mol. The predicted octanol–water partition coefficient (Wildman–Crippen LogP) is 2.09. The Balaban J connectivity index is 1.83. The molecule has 0 aliphatic carbocycles. The van der Waals surface area contributed by atoms with Gasteiger partial charge in [-0.15, -0.1) is 11.3 Å². The summed E-state index contributed by atoms with van der Waals surface area (Å²) in [5.41, 5.74) is 1.12. The molecule has 0 saturated carbocycles. The first-order valence-corrected chi connectivity index (χ1v) is 7.89. The molecular formula is C15H23N5S. The molecule has 2 aromatic heterocycles. The van der Waals surface area contributed by atoms with Crippen LogP contribution in [0.1, 0.15) is 22.4 Å². The lowest BCUT2D eigenvalue weighted by Crippen LogP contribution is -2.42. The zero-order valence-electron chi connectivity index (χ0n) is 13.1. The molecule has 6 heteroatoms. The van der Waals surface area contributed by atoms with Crippen LogP contribution < -0.4 is 10.6 Å². The van der Waals surface area contributed by atoms with Crippen LogP contribution in [0.2, 0.25) is 0 Å². The van der Waals surface area contributed by atoms with Crippen LogP contribution in [0.15, 0.2) is 29.4 Å². The predicted molar refractivity (Wildman–Crippen MR) is 88.8 cm³/mol. The van der Waals surface area contributed by atoms with E-state index in [1.54, 1.807) is 13.2 Å². The minimum Gasteiger partial charge on any atom is -0.354 e. The first-order chi connectivity index (χ1) is 10.1. The molecule has 1 atom stereocenters. The Hall–Kier alpha value is -1.82. The number of rotatable bonds is 5. The van der Waals surface area contributed by atoms with Gasteiger partial charge in [-0.1, -0.05) is 0 Å². The molecule has 0 aliphatic heterocycles. The van der Waals surface area contributed by atoms with Crippen molar-refractivity contribution in [2.45, 2.75) is 32.9 Å². The van der Waals surface area contributed by atoms with E-state index in [1.807, 2.05) is 29.1 Å². The number of aromatic nitrogens is 2. The van der Waals surface area contributed by atoms with Crippen molar-refractivity contribution in [3.63, 3.8) is 0 Å². The standard InChI is InChI=1S/C15H23N5S/c1-11(9-14-6-5-12(2)21-14)19-15(16-3)17-10-13-7-8-18-20(13)4/h5-8,11H,9-10H2,1-4H3,(H2,16,17,19). The van der Waals surface area contributed by atoms with Crippen molar-refractivity contribution < 1.29 is 0 Å². The number of aliphatic imine (C=N–C) groups is 1. The Morgan fingerprint density at radius 3 is 2.81 bits per heavy atom. The third-order valence-corrected chi connectivity index (χ3v) is 4.29. The second kappa shape index (κ2) is 7.26. The van der Waals surface area contributed by atoms with Gasteiger partial charge in [0, 0.05) is 42.5 Å².